The third kappa shape index (κ3) is 21.0. The quantitative estimate of drug-likeness (QED) is 0.261. The standard InChI is InChI=1S/C20H34O2S/c1-2-3-4-5-6-7-8-9-10-11-12-13-14-15-16-17-18-23-19-20(21)22/h6-7,9-10,12-13H,2-5,8,11,14-19H2,1H3,(H,21,22)/b7-6?,10-9?,13-12-. The van der Waals surface area contributed by atoms with Crippen molar-refractivity contribution < 1.29 is 9.90 Å². The van der Waals surface area contributed by atoms with Crippen LogP contribution in [0.25, 0.3) is 0 Å². The van der Waals surface area contributed by atoms with Crippen molar-refractivity contribution in [3.63, 3.8) is 0 Å². The molecule has 0 aromatic carbocycles. The maximum Gasteiger partial charge on any atom is 0.313 e. The van der Waals surface area contributed by atoms with Gasteiger partial charge in [-0.25, -0.2) is 0 Å². The highest BCUT2D eigenvalue weighted by molar-refractivity contribution is 7.99. The third-order valence-electron chi connectivity index (χ3n) is 3.40. The van der Waals surface area contributed by atoms with Crippen molar-refractivity contribution in [1.29, 1.82) is 0 Å². The van der Waals surface area contributed by atoms with E-state index in [0.717, 1.165) is 31.4 Å². The lowest BCUT2D eigenvalue weighted by molar-refractivity contribution is -0.133. The van der Waals surface area contributed by atoms with E-state index in [1.165, 1.54) is 50.3 Å². The Morgan fingerprint density at radius 2 is 1.39 bits per heavy atom. The zero-order valence-electron chi connectivity index (χ0n) is 14.7. The summed E-state index contributed by atoms with van der Waals surface area (Å²) >= 11 is 1.52. The number of allylic oxidation sites excluding steroid dienone is 6. The molecule has 0 bridgehead atoms. The SMILES string of the molecule is CCCCCC=CCC=CC/C=C\CCCCCSCC(=O)O. The molecule has 2 nitrogen and oxygen atoms in total. The average molecular weight is 339 g/mol. The van der Waals surface area contributed by atoms with Gasteiger partial charge >= 0.3 is 5.97 Å². The Labute approximate surface area is 147 Å². The van der Waals surface area contributed by atoms with Crippen LogP contribution in [0.3, 0.4) is 0 Å². The van der Waals surface area contributed by atoms with E-state index in [-0.39, 0.29) is 5.75 Å². The van der Waals surface area contributed by atoms with Crippen molar-refractivity contribution in [2.24, 2.45) is 0 Å². The van der Waals surface area contributed by atoms with Gasteiger partial charge in [0.05, 0.1) is 5.75 Å². The molecule has 0 radical (unpaired) electrons. The van der Waals surface area contributed by atoms with E-state index >= 15 is 0 Å². The van der Waals surface area contributed by atoms with Gasteiger partial charge in [-0.1, -0.05) is 62.6 Å². The second kappa shape index (κ2) is 19.1. The molecule has 0 saturated heterocycles. The lowest BCUT2D eigenvalue weighted by Crippen LogP contribution is -1.98. The lowest BCUT2D eigenvalue weighted by atomic mass is 10.2. The molecule has 0 aromatic rings. The molecule has 0 unspecified atom stereocenters. The van der Waals surface area contributed by atoms with Gasteiger partial charge < -0.3 is 5.11 Å². The summed E-state index contributed by atoms with van der Waals surface area (Å²) in [6.45, 7) is 2.24. The summed E-state index contributed by atoms with van der Waals surface area (Å²) < 4.78 is 0. The van der Waals surface area contributed by atoms with Gasteiger partial charge in [0.2, 0.25) is 0 Å². The summed E-state index contributed by atoms with van der Waals surface area (Å²) in [5, 5.41) is 8.51. The molecule has 0 heterocycles. The Morgan fingerprint density at radius 3 is 1.96 bits per heavy atom. The Morgan fingerprint density at radius 1 is 0.826 bits per heavy atom. The fraction of sp³-hybridized carbons (Fsp3) is 0.650. The number of carboxylic acid groups (broad SMARTS) is 1. The number of carboxylic acids is 1. The van der Waals surface area contributed by atoms with Crippen LogP contribution in [0.15, 0.2) is 36.5 Å². The number of unbranched alkanes of at least 4 members (excludes halogenated alkanes) is 6. The third-order valence-corrected chi connectivity index (χ3v) is 4.43. The van der Waals surface area contributed by atoms with E-state index in [0.29, 0.717) is 0 Å². The lowest BCUT2D eigenvalue weighted by Gasteiger charge is -1.98. The second-order valence-electron chi connectivity index (χ2n) is 5.68. The summed E-state index contributed by atoms with van der Waals surface area (Å²) in [5.41, 5.74) is 0. The molecular formula is C20H34O2S. The monoisotopic (exact) mass is 338 g/mol. The second-order valence-corrected chi connectivity index (χ2v) is 6.78. The molecule has 1 N–H and O–H groups in total. The van der Waals surface area contributed by atoms with Crippen LogP contribution >= 0.6 is 11.8 Å². The predicted octanol–water partition coefficient (Wildman–Crippen LogP) is 6.39. The number of hydrogen-bond donors (Lipinski definition) is 1. The average Bonchev–Trinajstić information content (AvgIpc) is 2.53. The molecule has 23 heavy (non-hydrogen) atoms. The van der Waals surface area contributed by atoms with Crippen molar-refractivity contribution >= 4 is 17.7 Å². The molecule has 132 valence electrons. The first-order valence-electron chi connectivity index (χ1n) is 9.02. The minimum Gasteiger partial charge on any atom is -0.481 e. The van der Waals surface area contributed by atoms with Gasteiger partial charge in [0.1, 0.15) is 0 Å². The number of thioether (sulfide) groups is 1. The molecule has 0 amide bonds. The first-order chi connectivity index (χ1) is 11.3. The molecule has 0 aliphatic rings. The van der Waals surface area contributed by atoms with E-state index in [1.54, 1.807) is 0 Å². The Kier molecular flexibility index (Phi) is 18.3. The van der Waals surface area contributed by atoms with Crippen molar-refractivity contribution in [2.75, 3.05) is 11.5 Å². The van der Waals surface area contributed by atoms with E-state index in [1.807, 2.05) is 0 Å². The fourth-order valence-electron chi connectivity index (χ4n) is 2.09. The molecule has 0 spiro atoms. The molecule has 0 rings (SSSR count). The smallest absolute Gasteiger partial charge is 0.313 e. The summed E-state index contributed by atoms with van der Waals surface area (Å²) in [6, 6.07) is 0. The van der Waals surface area contributed by atoms with Gasteiger partial charge in [0.15, 0.2) is 0 Å². The molecule has 0 saturated carbocycles. The van der Waals surface area contributed by atoms with Gasteiger partial charge in [0, 0.05) is 0 Å². The molecule has 0 aliphatic heterocycles. The van der Waals surface area contributed by atoms with Crippen LogP contribution in [0, 0.1) is 0 Å². The van der Waals surface area contributed by atoms with Gasteiger partial charge in [-0.3, -0.25) is 4.79 Å². The van der Waals surface area contributed by atoms with Gasteiger partial charge in [-0.05, 0) is 50.7 Å². The number of hydrogen-bond acceptors (Lipinski definition) is 2. The van der Waals surface area contributed by atoms with E-state index < -0.39 is 5.97 Å². The predicted molar refractivity (Wildman–Crippen MR) is 104 cm³/mol. The number of aliphatic carboxylic acids is 1. The molecule has 0 aliphatic carbocycles. The van der Waals surface area contributed by atoms with Gasteiger partial charge in [-0.2, -0.15) is 11.8 Å². The summed E-state index contributed by atoms with van der Waals surface area (Å²) in [5.74, 6) is 0.489. The fourth-order valence-corrected chi connectivity index (χ4v) is 2.82. The van der Waals surface area contributed by atoms with Crippen LogP contribution < -0.4 is 0 Å². The van der Waals surface area contributed by atoms with Gasteiger partial charge in [0.25, 0.3) is 0 Å². The van der Waals surface area contributed by atoms with Crippen molar-refractivity contribution in [2.45, 2.75) is 71.1 Å². The largest absolute Gasteiger partial charge is 0.481 e. The van der Waals surface area contributed by atoms with Gasteiger partial charge in [-0.15, -0.1) is 0 Å². The summed E-state index contributed by atoms with van der Waals surface area (Å²) in [6.07, 6.45) is 25.4. The highest BCUT2D eigenvalue weighted by Gasteiger charge is 1.95. The van der Waals surface area contributed by atoms with Crippen LogP contribution in [0.1, 0.15) is 71.1 Å². The summed E-state index contributed by atoms with van der Waals surface area (Å²) in [4.78, 5) is 10.3. The molecule has 0 fully saturated rings. The van der Waals surface area contributed by atoms with E-state index in [4.69, 9.17) is 5.11 Å². The van der Waals surface area contributed by atoms with E-state index in [9.17, 15) is 4.79 Å². The zero-order chi connectivity index (χ0) is 17.0. The summed E-state index contributed by atoms with van der Waals surface area (Å²) in [7, 11) is 0. The minimum absolute atomic E-state index is 0.236. The number of carbonyl (C=O) groups is 1. The van der Waals surface area contributed by atoms with Crippen molar-refractivity contribution in [3.8, 4) is 0 Å². The van der Waals surface area contributed by atoms with Crippen LogP contribution in [0.4, 0.5) is 0 Å². The van der Waals surface area contributed by atoms with E-state index in [2.05, 4.69) is 43.4 Å². The normalized spacial score (nSPS) is 12.0. The molecule has 0 aromatic heterocycles. The minimum atomic E-state index is -0.710. The maximum atomic E-state index is 10.3. The van der Waals surface area contributed by atoms with Crippen molar-refractivity contribution in [3.05, 3.63) is 36.5 Å². The number of rotatable bonds is 16. The van der Waals surface area contributed by atoms with Crippen LogP contribution in [-0.4, -0.2) is 22.6 Å². The Balaban J connectivity index is 3.27. The van der Waals surface area contributed by atoms with Crippen molar-refractivity contribution in [1.82, 2.24) is 0 Å². The Bertz CT molecular complexity index is 346. The van der Waals surface area contributed by atoms with Crippen LogP contribution in [0.2, 0.25) is 0 Å². The maximum absolute atomic E-state index is 10.3. The first kappa shape index (κ1) is 22.0. The van der Waals surface area contributed by atoms with Crippen LogP contribution in [-0.2, 0) is 4.79 Å². The first-order valence-corrected chi connectivity index (χ1v) is 10.2. The Hall–Kier alpha value is -0.960. The zero-order valence-corrected chi connectivity index (χ0v) is 15.5. The molecular weight excluding hydrogens is 304 g/mol. The molecule has 0 atom stereocenters. The molecule has 3 heteroatoms. The van der Waals surface area contributed by atoms with Crippen LogP contribution in [0.5, 0.6) is 0 Å². The highest BCUT2D eigenvalue weighted by Crippen LogP contribution is 2.08. The highest BCUT2D eigenvalue weighted by atomic mass is 32.2. The topological polar surface area (TPSA) is 37.3 Å².